The summed E-state index contributed by atoms with van der Waals surface area (Å²) < 4.78 is 1.96. The Kier molecular flexibility index (Phi) is 5.53. The molecule has 0 fully saturated rings. The van der Waals surface area contributed by atoms with Crippen molar-refractivity contribution >= 4 is 28.6 Å². The van der Waals surface area contributed by atoms with Crippen LogP contribution in [0, 0.1) is 0 Å². The van der Waals surface area contributed by atoms with E-state index in [0.29, 0.717) is 36.0 Å². The Labute approximate surface area is 167 Å². The Morgan fingerprint density at radius 1 is 1.00 bits per heavy atom. The molecule has 148 valence electrons. The van der Waals surface area contributed by atoms with E-state index >= 15 is 0 Å². The highest BCUT2D eigenvalue weighted by atomic mass is 16.3. The second-order valence-corrected chi connectivity index (χ2v) is 6.57. The van der Waals surface area contributed by atoms with Crippen molar-refractivity contribution < 1.29 is 10.2 Å². The summed E-state index contributed by atoms with van der Waals surface area (Å²) in [5.74, 6) is 1.27. The van der Waals surface area contributed by atoms with E-state index < -0.39 is 0 Å². The van der Waals surface area contributed by atoms with Crippen molar-refractivity contribution in [3.05, 3.63) is 66.5 Å². The van der Waals surface area contributed by atoms with Crippen LogP contribution in [0.4, 0.5) is 17.5 Å². The fraction of sp³-hybridized carbons (Fsp3) is 0.190. The summed E-state index contributed by atoms with van der Waals surface area (Å²) >= 11 is 0. The number of nitrogens with zero attached hydrogens (tertiary/aromatic N) is 4. The van der Waals surface area contributed by atoms with Gasteiger partial charge in [0.1, 0.15) is 5.75 Å². The lowest BCUT2D eigenvalue weighted by molar-refractivity contribution is 0.311. The minimum absolute atomic E-state index is 0.0143. The molecule has 2 aromatic heterocycles. The van der Waals surface area contributed by atoms with Gasteiger partial charge >= 0.3 is 0 Å². The van der Waals surface area contributed by atoms with Gasteiger partial charge in [0.15, 0.2) is 17.0 Å². The molecule has 0 aliphatic carbocycles. The van der Waals surface area contributed by atoms with E-state index in [9.17, 15) is 5.11 Å². The summed E-state index contributed by atoms with van der Waals surface area (Å²) in [5, 5.41) is 25.1. The Balaban J connectivity index is 1.65. The minimum Gasteiger partial charge on any atom is -0.508 e. The normalized spacial score (nSPS) is 10.9. The number of phenolic OH excluding ortho intramolecular Hbond substituents is 1. The smallest absolute Gasteiger partial charge is 0.226 e. The van der Waals surface area contributed by atoms with E-state index in [0.717, 1.165) is 17.7 Å². The van der Waals surface area contributed by atoms with Crippen LogP contribution in [-0.4, -0.2) is 42.9 Å². The van der Waals surface area contributed by atoms with Crippen LogP contribution in [0.2, 0.25) is 0 Å². The average molecular weight is 390 g/mol. The molecular weight excluding hydrogens is 368 g/mol. The van der Waals surface area contributed by atoms with E-state index in [4.69, 9.17) is 5.11 Å². The van der Waals surface area contributed by atoms with Crippen LogP contribution in [0.3, 0.4) is 0 Å². The maximum Gasteiger partial charge on any atom is 0.226 e. The van der Waals surface area contributed by atoms with E-state index in [1.54, 1.807) is 18.5 Å². The highest BCUT2D eigenvalue weighted by Crippen LogP contribution is 2.24. The largest absolute Gasteiger partial charge is 0.508 e. The van der Waals surface area contributed by atoms with Gasteiger partial charge in [0.05, 0.1) is 12.9 Å². The summed E-state index contributed by atoms with van der Waals surface area (Å²) in [6.45, 7) is 0.995. The van der Waals surface area contributed by atoms with Crippen LogP contribution in [0.25, 0.3) is 11.2 Å². The summed E-state index contributed by atoms with van der Waals surface area (Å²) in [5.41, 5.74) is 3.29. The van der Waals surface area contributed by atoms with Gasteiger partial charge in [-0.3, -0.25) is 0 Å². The first kappa shape index (κ1) is 18.7. The number of anilines is 3. The number of aryl methyl sites for hydroxylation is 2. The van der Waals surface area contributed by atoms with E-state index in [1.807, 2.05) is 47.0 Å². The predicted octanol–water partition coefficient (Wildman–Crippen LogP) is 2.92. The molecule has 0 spiro atoms. The SMILES string of the molecule is OCCNc1nc(Nc2ccccc2)c2ncn(CCc3cccc(O)c3)c2n1. The molecule has 8 heteroatoms. The fourth-order valence-corrected chi connectivity index (χ4v) is 3.06. The molecule has 0 saturated carbocycles. The summed E-state index contributed by atoms with van der Waals surface area (Å²) in [4.78, 5) is 13.6. The molecule has 8 nitrogen and oxygen atoms in total. The molecule has 0 aliphatic heterocycles. The van der Waals surface area contributed by atoms with Crippen molar-refractivity contribution in [2.24, 2.45) is 0 Å². The number of aromatic nitrogens is 4. The van der Waals surface area contributed by atoms with Crippen LogP contribution in [0.5, 0.6) is 5.75 Å². The first-order chi connectivity index (χ1) is 14.2. The maximum absolute atomic E-state index is 9.66. The number of phenols is 1. The van der Waals surface area contributed by atoms with Gasteiger partial charge in [0.25, 0.3) is 0 Å². The molecule has 0 bridgehead atoms. The molecule has 2 aromatic carbocycles. The summed E-state index contributed by atoms with van der Waals surface area (Å²) in [7, 11) is 0. The molecule has 0 atom stereocenters. The fourth-order valence-electron chi connectivity index (χ4n) is 3.06. The average Bonchev–Trinajstić information content (AvgIpc) is 3.15. The highest BCUT2D eigenvalue weighted by molar-refractivity contribution is 5.86. The van der Waals surface area contributed by atoms with Gasteiger partial charge in [-0.1, -0.05) is 30.3 Å². The summed E-state index contributed by atoms with van der Waals surface area (Å²) in [6, 6.07) is 17.0. The number of aliphatic hydroxyl groups is 1. The molecule has 0 unspecified atom stereocenters. The van der Waals surface area contributed by atoms with Crippen LogP contribution in [0.15, 0.2) is 60.9 Å². The monoisotopic (exact) mass is 390 g/mol. The second kappa shape index (κ2) is 8.57. The minimum atomic E-state index is -0.0143. The zero-order valence-electron chi connectivity index (χ0n) is 15.8. The zero-order chi connectivity index (χ0) is 20.1. The Morgan fingerprint density at radius 2 is 1.86 bits per heavy atom. The lowest BCUT2D eigenvalue weighted by Crippen LogP contribution is -2.11. The molecule has 2 heterocycles. The predicted molar refractivity (Wildman–Crippen MR) is 112 cm³/mol. The van der Waals surface area contributed by atoms with Gasteiger partial charge in [-0.2, -0.15) is 9.97 Å². The van der Waals surface area contributed by atoms with Crippen molar-refractivity contribution in [2.45, 2.75) is 13.0 Å². The Morgan fingerprint density at radius 3 is 2.66 bits per heavy atom. The Hall–Kier alpha value is -3.65. The van der Waals surface area contributed by atoms with E-state index in [2.05, 4.69) is 25.6 Å². The van der Waals surface area contributed by atoms with Crippen LogP contribution < -0.4 is 10.6 Å². The lowest BCUT2D eigenvalue weighted by Gasteiger charge is -2.10. The number of hydrogen-bond donors (Lipinski definition) is 4. The first-order valence-electron chi connectivity index (χ1n) is 9.40. The summed E-state index contributed by atoms with van der Waals surface area (Å²) in [6.07, 6.45) is 2.47. The molecule has 0 radical (unpaired) electrons. The standard InChI is InChI=1S/C21H22N6O2/c28-12-10-22-21-25-19(24-16-6-2-1-3-7-16)18-20(26-21)27(14-23-18)11-9-15-5-4-8-17(29)13-15/h1-8,13-14,28-29H,9-12H2,(H2,22,24,25,26). The van der Waals surface area contributed by atoms with Gasteiger partial charge in [-0.15, -0.1) is 0 Å². The van der Waals surface area contributed by atoms with Crippen molar-refractivity contribution in [2.75, 3.05) is 23.8 Å². The highest BCUT2D eigenvalue weighted by Gasteiger charge is 2.14. The second-order valence-electron chi connectivity index (χ2n) is 6.57. The molecule has 4 aromatic rings. The third kappa shape index (κ3) is 4.44. The number of hydrogen-bond acceptors (Lipinski definition) is 7. The molecule has 0 aliphatic rings. The van der Waals surface area contributed by atoms with Gasteiger partial charge in [-0.25, -0.2) is 4.98 Å². The van der Waals surface area contributed by atoms with Crippen molar-refractivity contribution in [3.8, 4) is 5.75 Å². The van der Waals surface area contributed by atoms with Gasteiger partial charge in [0.2, 0.25) is 5.95 Å². The number of fused-ring (bicyclic) bond motifs is 1. The molecule has 29 heavy (non-hydrogen) atoms. The molecule has 4 N–H and O–H groups in total. The quantitative estimate of drug-likeness (QED) is 0.366. The third-order valence-corrected chi connectivity index (χ3v) is 4.45. The number of para-hydroxylation sites is 1. The number of rotatable bonds is 8. The van der Waals surface area contributed by atoms with E-state index in [-0.39, 0.29) is 12.4 Å². The molecule has 4 rings (SSSR count). The van der Waals surface area contributed by atoms with Crippen LogP contribution in [0.1, 0.15) is 5.56 Å². The van der Waals surface area contributed by atoms with Crippen molar-refractivity contribution in [3.63, 3.8) is 0 Å². The number of benzene rings is 2. The van der Waals surface area contributed by atoms with Crippen LogP contribution in [-0.2, 0) is 13.0 Å². The first-order valence-corrected chi connectivity index (χ1v) is 9.40. The number of nitrogens with one attached hydrogen (secondary N) is 2. The van der Waals surface area contributed by atoms with E-state index in [1.165, 1.54) is 0 Å². The third-order valence-electron chi connectivity index (χ3n) is 4.45. The zero-order valence-corrected chi connectivity index (χ0v) is 15.8. The van der Waals surface area contributed by atoms with Crippen molar-refractivity contribution in [1.82, 2.24) is 19.5 Å². The molecular formula is C21H22N6O2. The van der Waals surface area contributed by atoms with Gasteiger partial charge in [-0.05, 0) is 36.2 Å². The van der Waals surface area contributed by atoms with Crippen molar-refractivity contribution in [1.29, 1.82) is 0 Å². The van der Waals surface area contributed by atoms with Gasteiger partial charge < -0.3 is 25.4 Å². The number of imidazole rings is 1. The molecule has 0 saturated heterocycles. The topological polar surface area (TPSA) is 108 Å². The number of aromatic hydroxyl groups is 1. The molecule has 0 amide bonds. The van der Waals surface area contributed by atoms with Crippen LogP contribution >= 0.6 is 0 Å². The maximum atomic E-state index is 9.66. The van der Waals surface area contributed by atoms with Gasteiger partial charge in [0, 0.05) is 18.8 Å². The Bertz CT molecular complexity index is 1100. The number of aliphatic hydroxyl groups excluding tert-OH is 1. The lowest BCUT2D eigenvalue weighted by atomic mass is 10.1.